The van der Waals surface area contributed by atoms with E-state index in [0.717, 1.165) is 27.6 Å². The second-order valence-corrected chi connectivity index (χ2v) is 14.5. The number of carbonyl (C=O) groups is 5. The van der Waals surface area contributed by atoms with Crippen LogP contribution >= 0.6 is 0 Å². The number of fused-ring (bicyclic) bond motifs is 1. The van der Waals surface area contributed by atoms with Gasteiger partial charge in [0.05, 0.1) is 6.10 Å². The Morgan fingerprint density at radius 3 is 2.07 bits per heavy atom. The maximum atomic E-state index is 14.8. The molecule has 0 aliphatic carbocycles. The van der Waals surface area contributed by atoms with E-state index in [-0.39, 0.29) is 44.7 Å². The number of amides is 5. The highest BCUT2D eigenvalue weighted by Gasteiger charge is 2.38. The lowest BCUT2D eigenvalue weighted by atomic mass is 10.00. The topological polar surface area (TPSA) is 199 Å². The van der Waals surface area contributed by atoms with Gasteiger partial charge in [-0.2, -0.15) is 0 Å². The third-order valence-corrected chi connectivity index (χ3v) is 10.1. The molecule has 4 aromatic rings. The number of rotatable bonds is 11. The minimum absolute atomic E-state index is 0.00360. The van der Waals surface area contributed by atoms with Gasteiger partial charge < -0.3 is 42.0 Å². The van der Waals surface area contributed by atoms with Crippen molar-refractivity contribution in [1.29, 1.82) is 0 Å². The summed E-state index contributed by atoms with van der Waals surface area (Å²) in [5.74, 6) is -2.54. The highest BCUT2D eigenvalue weighted by atomic mass is 16.3. The summed E-state index contributed by atoms with van der Waals surface area (Å²) in [7, 11) is 0. The Kier molecular flexibility index (Phi) is 15.6. The van der Waals surface area contributed by atoms with Crippen LogP contribution in [0.2, 0.25) is 0 Å². The van der Waals surface area contributed by atoms with E-state index in [2.05, 4.69) is 26.3 Å². The van der Waals surface area contributed by atoms with E-state index in [1.165, 1.54) is 11.8 Å². The molecule has 5 amide bonds. The van der Waals surface area contributed by atoms with Crippen molar-refractivity contribution in [3.05, 3.63) is 108 Å². The van der Waals surface area contributed by atoms with E-state index in [1.807, 2.05) is 84.9 Å². The maximum absolute atomic E-state index is 14.8. The van der Waals surface area contributed by atoms with E-state index in [4.69, 9.17) is 5.73 Å². The summed E-state index contributed by atoms with van der Waals surface area (Å²) in [4.78, 5) is 75.2. The van der Waals surface area contributed by atoms with Crippen molar-refractivity contribution in [2.75, 3.05) is 13.1 Å². The summed E-state index contributed by atoms with van der Waals surface area (Å²) in [6, 6.07) is 21.5. The van der Waals surface area contributed by atoms with Gasteiger partial charge in [0.1, 0.15) is 24.2 Å². The SMILES string of the molecule is CC(O)[C@H]1C(=O)NCCCCCC(=O)N[C@@H](Cc2ccccc2)C(=O)N[C@H](Cc2c[nH]c3ccccc23)C(=O)N[C@@H](CCCCN)C(=O)N1Cc1ccccc1. The van der Waals surface area contributed by atoms with Crippen molar-refractivity contribution in [1.82, 2.24) is 31.2 Å². The van der Waals surface area contributed by atoms with Crippen LogP contribution in [0.4, 0.5) is 0 Å². The normalized spacial score (nSPS) is 21.6. The molecule has 298 valence electrons. The number of nitrogens with one attached hydrogen (secondary N) is 5. The summed E-state index contributed by atoms with van der Waals surface area (Å²) < 4.78 is 0. The van der Waals surface area contributed by atoms with Gasteiger partial charge in [-0.15, -0.1) is 0 Å². The zero-order chi connectivity index (χ0) is 39.9. The summed E-state index contributed by atoms with van der Waals surface area (Å²) in [5, 5.41) is 23.6. The van der Waals surface area contributed by atoms with Gasteiger partial charge >= 0.3 is 0 Å². The Morgan fingerprint density at radius 1 is 0.732 bits per heavy atom. The van der Waals surface area contributed by atoms with Crippen molar-refractivity contribution in [2.24, 2.45) is 5.73 Å². The average molecular weight is 766 g/mol. The number of para-hydroxylation sites is 1. The second-order valence-electron chi connectivity index (χ2n) is 14.5. The largest absolute Gasteiger partial charge is 0.391 e. The molecule has 0 spiro atoms. The van der Waals surface area contributed by atoms with Crippen molar-refractivity contribution in [3.8, 4) is 0 Å². The molecule has 5 rings (SSSR count). The lowest BCUT2D eigenvalue weighted by molar-refractivity contribution is -0.148. The number of carbonyl (C=O) groups excluding carboxylic acids is 5. The highest BCUT2D eigenvalue weighted by molar-refractivity contribution is 5.96. The van der Waals surface area contributed by atoms with E-state index in [1.54, 1.807) is 6.20 Å². The maximum Gasteiger partial charge on any atom is 0.246 e. The number of nitrogens with two attached hydrogens (primary N) is 1. The molecule has 13 nitrogen and oxygen atoms in total. The minimum Gasteiger partial charge on any atom is -0.391 e. The smallest absolute Gasteiger partial charge is 0.246 e. The number of aromatic nitrogens is 1. The van der Waals surface area contributed by atoms with Gasteiger partial charge in [-0.25, -0.2) is 0 Å². The van der Waals surface area contributed by atoms with Crippen LogP contribution in [-0.2, 0) is 43.4 Å². The first-order valence-corrected chi connectivity index (χ1v) is 19.6. The van der Waals surface area contributed by atoms with Gasteiger partial charge in [0.2, 0.25) is 29.5 Å². The predicted molar refractivity (Wildman–Crippen MR) is 215 cm³/mol. The van der Waals surface area contributed by atoms with Crippen LogP contribution in [0.15, 0.2) is 91.1 Å². The van der Waals surface area contributed by atoms with Crippen LogP contribution in [0, 0.1) is 0 Å². The molecule has 1 fully saturated rings. The van der Waals surface area contributed by atoms with E-state index in [9.17, 15) is 29.1 Å². The molecular formula is C43H55N7O6. The zero-order valence-electron chi connectivity index (χ0n) is 32.0. The number of unbranched alkanes of at least 4 members (excludes halogenated alkanes) is 1. The Hall–Kier alpha value is -5.53. The Balaban J connectivity index is 1.54. The summed E-state index contributed by atoms with van der Waals surface area (Å²) in [6.45, 7) is 2.10. The average Bonchev–Trinajstić information content (AvgIpc) is 3.60. The van der Waals surface area contributed by atoms with Crippen molar-refractivity contribution < 1.29 is 29.1 Å². The first-order chi connectivity index (χ1) is 27.1. The van der Waals surface area contributed by atoms with Crippen molar-refractivity contribution >= 4 is 40.4 Å². The number of H-pyrrole nitrogens is 1. The molecule has 1 unspecified atom stereocenters. The van der Waals surface area contributed by atoms with Gasteiger partial charge in [0, 0.05) is 49.5 Å². The second kappa shape index (κ2) is 21.0. The summed E-state index contributed by atoms with van der Waals surface area (Å²) in [5.41, 5.74) is 9.02. The number of aromatic amines is 1. The first-order valence-electron chi connectivity index (χ1n) is 19.6. The molecule has 13 heteroatoms. The van der Waals surface area contributed by atoms with Gasteiger partial charge in [-0.3, -0.25) is 24.0 Å². The molecule has 3 aromatic carbocycles. The third-order valence-electron chi connectivity index (χ3n) is 10.1. The Bertz CT molecular complexity index is 1900. The molecule has 2 heterocycles. The van der Waals surface area contributed by atoms with Crippen LogP contribution in [0.1, 0.15) is 68.6 Å². The molecule has 56 heavy (non-hydrogen) atoms. The molecule has 1 aliphatic heterocycles. The van der Waals surface area contributed by atoms with Crippen LogP contribution in [0.3, 0.4) is 0 Å². The first kappa shape index (κ1) is 41.6. The number of hydrogen-bond donors (Lipinski definition) is 7. The summed E-state index contributed by atoms with van der Waals surface area (Å²) >= 11 is 0. The number of benzene rings is 3. The quantitative estimate of drug-likeness (QED) is 0.114. The van der Waals surface area contributed by atoms with Crippen molar-refractivity contribution in [3.63, 3.8) is 0 Å². The molecule has 1 aliphatic rings. The van der Waals surface area contributed by atoms with Crippen LogP contribution in [0.25, 0.3) is 10.9 Å². The monoisotopic (exact) mass is 765 g/mol. The number of nitrogens with zero attached hydrogens (tertiary/aromatic N) is 1. The number of aliphatic hydroxyl groups excluding tert-OH is 1. The van der Waals surface area contributed by atoms with Crippen LogP contribution in [-0.4, -0.2) is 87.9 Å². The zero-order valence-corrected chi connectivity index (χ0v) is 32.0. The predicted octanol–water partition coefficient (Wildman–Crippen LogP) is 3.00. The van der Waals surface area contributed by atoms with Gasteiger partial charge in [0.15, 0.2) is 0 Å². The molecular weight excluding hydrogens is 711 g/mol. The van der Waals surface area contributed by atoms with E-state index in [0.29, 0.717) is 38.6 Å². The number of aliphatic hydroxyl groups is 1. The van der Waals surface area contributed by atoms with Gasteiger partial charge in [-0.05, 0) is 68.3 Å². The minimum atomic E-state index is -1.27. The molecule has 0 radical (unpaired) electrons. The van der Waals surface area contributed by atoms with Gasteiger partial charge in [0.25, 0.3) is 0 Å². The third kappa shape index (κ3) is 11.7. The fourth-order valence-electron chi connectivity index (χ4n) is 7.17. The Labute approximate surface area is 328 Å². The fraction of sp³-hybridized carbons (Fsp3) is 0.419. The molecule has 8 N–H and O–H groups in total. The molecule has 5 atom stereocenters. The molecule has 1 aromatic heterocycles. The molecule has 1 saturated heterocycles. The molecule has 0 bridgehead atoms. The fourth-order valence-corrected chi connectivity index (χ4v) is 7.17. The number of hydrogen-bond acceptors (Lipinski definition) is 7. The van der Waals surface area contributed by atoms with E-state index < -0.39 is 53.9 Å². The lowest BCUT2D eigenvalue weighted by Gasteiger charge is -2.36. The van der Waals surface area contributed by atoms with E-state index >= 15 is 0 Å². The highest BCUT2D eigenvalue weighted by Crippen LogP contribution is 2.21. The Morgan fingerprint density at radius 2 is 1.38 bits per heavy atom. The molecule has 0 saturated carbocycles. The van der Waals surface area contributed by atoms with Crippen LogP contribution in [0.5, 0.6) is 0 Å². The van der Waals surface area contributed by atoms with Crippen LogP contribution < -0.4 is 27.0 Å². The van der Waals surface area contributed by atoms with Crippen molar-refractivity contribution in [2.45, 2.75) is 102 Å². The lowest BCUT2D eigenvalue weighted by Crippen LogP contribution is -2.61. The standard InChI is InChI=1S/C43H55N7O6/c1-29(51)39-42(55)45-24-14-4-9-22-38(52)47-36(25-30-15-5-2-6-16-30)40(53)49-37(26-32-27-46-34-20-11-10-19-33(32)34)41(54)48-35(21-12-13-23-44)43(56)50(39)28-31-17-7-3-8-18-31/h2-3,5-8,10-11,15-20,27,29,35-37,39,46,51H,4,9,12-14,21-26,28,44H2,1H3,(H,45,55)(H,47,52)(H,48,54)(H,49,53)/t29?,35-,36-,37+,39-/m0/s1. The van der Waals surface area contributed by atoms with Gasteiger partial charge in [-0.1, -0.05) is 85.3 Å². The summed E-state index contributed by atoms with van der Waals surface area (Å²) in [6.07, 6.45) is 3.91.